The summed E-state index contributed by atoms with van der Waals surface area (Å²) in [6.45, 7) is -0.393. The molecule has 0 heterocycles. The molecule has 0 rings (SSSR count). The van der Waals surface area contributed by atoms with Gasteiger partial charge in [-0.2, -0.15) is 8.42 Å². The molecule has 1 N–H and O–H groups in total. The molecule has 8 heavy (non-hydrogen) atoms. The van der Waals surface area contributed by atoms with Crippen molar-refractivity contribution in [3.63, 3.8) is 0 Å². The zero-order valence-corrected chi connectivity index (χ0v) is 5.31. The Labute approximate surface area is 48.2 Å². The molecule has 0 spiro atoms. The second-order valence-corrected chi connectivity index (χ2v) is 3.01. The molecule has 0 aromatic carbocycles. The third-order valence-electron chi connectivity index (χ3n) is 0.595. The van der Waals surface area contributed by atoms with E-state index in [9.17, 15) is 8.42 Å². The molecule has 0 atom stereocenters. The summed E-state index contributed by atoms with van der Waals surface area (Å²) in [5.74, 6) is -0.330. The van der Waals surface area contributed by atoms with Gasteiger partial charge in [-0.25, -0.2) is 0 Å². The van der Waals surface area contributed by atoms with Crippen molar-refractivity contribution >= 4 is 10.1 Å². The first-order valence-electron chi connectivity index (χ1n) is 2.01. The molecular weight excluding hydrogens is 132 g/mol. The average Bonchev–Trinajstić information content (AvgIpc) is 1.67. The fourth-order valence-corrected chi connectivity index (χ4v) is 0.585. The fourth-order valence-electron chi connectivity index (χ4n) is 0.195. The summed E-state index contributed by atoms with van der Waals surface area (Å²) in [6, 6.07) is 0. The molecule has 0 aromatic rings. The standard InChI is InChI=1S/C3H8O4S/c1-7-8(5,6)3-2-4/h4H,2-3H2,1H3. The Morgan fingerprint density at radius 2 is 2.12 bits per heavy atom. The summed E-state index contributed by atoms with van der Waals surface area (Å²) >= 11 is 0. The van der Waals surface area contributed by atoms with E-state index in [4.69, 9.17) is 5.11 Å². The van der Waals surface area contributed by atoms with Crippen LogP contribution in [0.4, 0.5) is 0 Å². The van der Waals surface area contributed by atoms with Crippen LogP contribution in [-0.4, -0.2) is 33.0 Å². The fraction of sp³-hybridized carbons (Fsp3) is 1.00. The van der Waals surface area contributed by atoms with Crippen LogP contribution >= 0.6 is 0 Å². The lowest BCUT2D eigenvalue weighted by atomic mass is 10.9. The highest BCUT2D eigenvalue weighted by Gasteiger charge is 2.04. The van der Waals surface area contributed by atoms with Crippen LogP contribution in [0.1, 0.15) is 0 Å². The van der Waals surface area contributed by atoms with Crippen molar-refractivity contribution in [3.05, 3.63) is 0 Å². The predicted molar refractivity (Wildman–Crippen MR) is 27.9 cm³/mol. The lowest BCUT2D eigenvalue weighted by Gasteiger charge is -1.94. The Bertz CT molecular complexity index is 135. The van der Waals surface area contributed by atoms with E-state index >= 15 is 0 Å². The first-order valence-corrected chi connectivity index (χ1v) is 3.59. The highest BCUT2D eigenvalue weighted by molar-refractivity contribution is 7.86. The van der Waals surface area contributed by atoms with E-state index in [1.54, 1.807) is 0 Å². The van der Waals surface area contributed by atoms with Crippen LogP contribution in [-0.2, 0) is 14.3 Å². The predicted octanol–water partition coefficient (Wildman–Crippen LogP) is -1.05. The van der Waals surface area contributed by atoms with E-state index in [0.717, 1.165) is 7.11 Å². The van der Waals surface area contributed by atoms with Crippen LogP contribution < -0.4 is 0 Å². The van der Waals surface area contributed by atoms with E-state index in [2.05, 4.69) is 4.18 Å². The highest BCUT2D eigenvalue weighted by atomic mass is 32.2. The van der Waals surface area contributed by atoms with Crippen molar-refractivity contribution in [1.82, 2.24) is 0 Å². The maximum absolute atomic E-state index is 10.2. The largest absolute Gasteiger partial charge is 0.395 e. The molecule has 0 saturated heterocycles. The second-order valence-electron chi connectivity index (χ2n) is 1.15. The molecule has 0 amide bonds. The van der Waals surface area contributed by atoms with Crippen molar-refractivity contribution in [1.29, 1.82) is 0 Å². The minimum atomic E-state index is -3.42. The van der Waals surface area contributed by atoms with Crippen LogP contribution in [0.25, 0.3) is 0 Å². The number of aliphatic hydroxyl groups is 1. The Hall–Kier alpha value is -0.130. The topological polar surface area (TPSA) is 63.6 Å². The van der Waals surface area contributed by atoms with Gasteiger partial charge in [-0.15, -0.1) is 0 Å². The van der Waals surface area contributed by atoms with Gasteiger partial charge in [0.15, 0.2) is 0 Å². The summed E-state index contributed by atoms with van der Waals surface area (Å²) in [6.07, 6.45) is 0. The van der Waals surface area contributed by atoms with Gasteiger partial charge < -0.3 is 5.11 Å². The summed E-state index contributed by atoms with van der Waals surface area (Å²) in [7, 11) is -2.36. The molecule has 4 nitrogen and oxygen atoms in total. The average molecular weight is 140 g/mol. The van der Waals surface area contributed by atoms with Gasteiger partial charge in [0.25, 0.3) is 10.1 Å². The maximum atomic E-state index is 10.2. The van der Waals surface area contributed by atoms with Crippen molar-refractivity contribution in [3.8, 4) is 0 Å². The summed E-state index contributed by atoms with van der Waals surface area (Å²) in [4.78, 5) is 0. The van der Waals surface area contributed by atoms with Gasteiger partial charge in [0.1, 0.15) is 0 Å². The van der Waals surface area contributed by atoms with Gasteiger partial charge in [-0.1, -0.05) is 0 Å². The third-order valence-corrected chi connectivity index (χ3v) is 1.79. The first-order chi connectivity index (χ1) is 3.62. The summed E-state index contributed by atoms with van der Waals surface area (Å²) in [5.41, 5.74) is 0. The molecule has 0 saturated carbocycles. The maximum Gasteiger partial charge on any atom is 0.269 e. The normalized spacial score (nSPS) is 11.8. The molecule has 5 heteroatoms. The number of aliphatic hydroxyl groups excluding tert-OH is 1. The van der Waals surface area contributed by atoms with Gasteiger partial charge in [0.2, 0.25) is 0 Å². The van der Waals surface area contributed by atoms with Crippen LogP contribution in [0.5, 0.6) is 0 Å². The van der Waals surface area contributed by atoms with Crippen molar-refractivity contribution in [2.45, 2.75) is 0 Å². The quantitative estimate of drug-likeness (QED) is 0.508. The lowest BCUT2D eigenvalue weighted by Crippen LogP contribution is -2.10. The Balaban J connectivity index is 3.76. The monoisotopic (exact) mass is 140 g/mol. The van der Waals surface area contributed by atoms with Crippen LogP contribution in [0.15, 0.2) is 0 Å². The van der Waals surface area contributed by atoms with Crippen molar-refractivity contribution < 1.29 is 17.7 Å². The van der Waals surface area contributed by atoms with E-state index in [-0.39, 0.29) is 5.75 Å². The SMILES string of the molecule is COS(=O)(=O)CCO. The molecule has 0 aliphatic heterocycles. The van der Waals surface area contributed by atoms with Crippen molar-refractivity contribution in [2.75, 3.05) is 19.5 Å². The molecule has 50 valence electrons. The van der Waals surface area contributed by atoms with E-state index in [0.29, 0.717) is 0 Å². The van der Waals surface area contributed by atoms with E-state index in [1.165, 1.54) is 0 Å². The summed E-state index contributed by atoms with van der Waals surface area (Å²) < 4.78 is 24.4. The van der Waals surface area contributed by atoms with Gasteiger partial charge in [0.05, 0.1) is 19.5 Å². The smallest absolute Gasteiger partial charge is 0.269 e. The number of hydrogen-bond donors (Lipinski definition) is 1. The minimum Gasteiger partial charge on any atom is -0.395 e. The third kappa shape index (κ3) is 2.95. The number of hydrogen-bond acceptors (Lipinski definition) is 4. The highest BCUT2D eigenvalue weighted by Crippen LogP contribution is 1.86. The Morgan fingerprint density at radius 1 is 1.62 bits per heavy atom. The van der Waals surface area contributed by atoms with Crippen LogP contribution in [0.2, 0.25) is 0 Å². The first kappa shape index (κ1) is 7.87. The molecule has 0 radical (unpaired) electrons. The summed E-state index contributed by atoms with van der Waals surface area (Å²) in [5, 5.41) is 8.07. The molecule has 0 aliphatic carbocycles. The zero-order valence-electron chi connectivity index (χ0n) is 4.49. The molecule has 0 aromatic heterocycles. The molecule has 0 fully saturated rings. The van der Waals surface area contributed by atoms with Gasteiger partial charge in [-0.05, 0) is 0 Å². The Morgan fingerprint density at radius 3 is 2.25 bits per heavy atom. The van der Waals surface area contributed by atoms with E-state index in [1.807, 2.05) is 0 Å². The molecule has 0 unspecified atom stereocenters. The van der Waals surface area contributed by atoms with Gasteiger partial charge >= 0.3 is 0 Å². The van der Waals surface area contributed by atoms with E-state index < -0.39 is 16.7 Å². The lowest BCUT2D eigenvalue weighted by molar-refractivity contribution is 0.310. The van der Waals surface area contributed by atoms with Crippen LogP contribution in [0, 0.1) is 0 Å². The zero-order chi connectivity index (χ0) is 6.62. The van der Waals surface area contributed by atoms with Gasteiger partial charge in [0, 0.05) is 0 Å². The second kappa shape index (κ2) is 3.01. The minimum absolute atomic E-state index is 0.330. The molecule has 0 aliphatic rings. The molecule has 0 bridgehead atoms. The number of rotatable bonds is 3. The Kier molecular flexibility index (Phi) is 2.96. The molecular formula is C3H8O4S. The van der Waals surface area contributed by atoms with Gasteiger partial charge in [-0.3, -0.25) is 4.18 Å². The van der Waals surface area contributed by atoms with Crippen molar-refractivity contribution in [2.24, 2.45) is 0 Å². The van der Waals surface area contributed by atoms with Crippen LogP contribution in [0.3, 0.4) is 0 Å².